The van der Waals surface area contributed by atoms with Gasteiger partial charge >= 0.3 is 0 Å². The van der Waals surface area contributed by atoms with Crippen molar-refractivity contribution in [3.05, 3.63) is 70.9 Å². The fourth-order valence-electron chi connectivity index (χ4n) is 3.77. The van der Waals surface area contributed by atoms with Crippen molar-refractivity contribution in [3.63, 3.8) is 0 Å². The quantitative estimate of drug-likeness (QED) is 0.755. The normalized spacial score (nSPS) is 14.4. The topological polar surface area (TPSA) is 52.2 Å². The van der Waals surface area contributed by atoms with E-state index in [9.17, 15) is 4.79 Å². The molecule has 2 heterocycles. The third-order valence-corrected chi connectivity index (χ3v) is 5.48. The van der Waals surface area contributed by atoms with E-state index < -0.39 is 0 Å². The van der Waals surface area contributed by atoms with E-state index >= 15 is 0 Å². The average Bonchev–Trinajstić information content (AvgIpc) is 3.20. The summed E-state index contributed by atoms with van der Waals surface area (Å²) >= 11 is 0. The Morgan fingerprint density at radius 3 is 2.32 bits per heavy atom. The van der Waals surface area contributed by atoms with Crippen molar-refractivity contribution in [2.24, 2.45) is 0 Å². The molecule has 0 saturated carbocycles. The molecule has 0 unspecified atom stereocenters. The van der Waals surface area contributed by atoms with Gasteiger partial charge in [0, 0.05) is 37.4 Å². The number of nitrogens with zero attached hydrogens (tertiary/aromatic N) is 3. The second kappa shape index (κ2) is 7.50. The molecule has 1 aliphatic rings. The molecule has 0 aliphatic carbocycles. The van der Waals surface area contributed by atoms with Crippen molar-refractivity contribution in [2.75, 3.05) is 31.1 Å². The molecule has 5 nitrogen and oxygen atoms in total. The number of piperazine rings is 1. The summed E-state index contributed by atoms with van der Waals surface area (Å²) in [5.41, 5.74) is 7.43. The van der Waals surface area contributed by atoms with Crippen LogP contribution in [-0.2, 0) is 0 Å². The Bertz CT molecular complexity index is 982. The van der Waals surface area contributed by atoms with Crippen molar-refractivity contribution in [1.82, 2.24) is 15.1 Å². The number of rotatable bonds is 3. The summed E-state index contributed by atoms with van der Waals surface area (Å²) < 4.78 is 0. The zero-order chi connectivity index (χ0) is 19.7. The molecule has 28 heavy (non-hydrogen) atoms. The first-order chi connectivity index (χ1) is 13.5. The second-order valence-corrected chi connectivity index (χ2v) is 7.59. The Morgan fingerprint density at radius 1 is 0.929 bits per heavy atom. The van der Waals surface area contributed by atoms with E-state index in [1.54, 1.807) is 6.20 Å². The molecule has 0 bridgehead atoms. The standard InChI is InChI=1S/C23H26N4O/c1-16-5-8-19(9-6-16)22-20(15-24-25-22)23(28)27-12-10-26(11-13-27)21-14-17(2)4-7-18(21)3/h4-9,14-15H,10-13H2,1-3H3,(H,24,25). The third kappa shape index (κ3) is 3.52. The monoisotopic (exact) mass is 374 g/mol. The predicted octanol–water partition coefficient (Wildman–Crippen LogP) is 3.96. The lowest BCUT2D eigenvalue weighted by molar-refractivity contribution is 0.0747. The van der Waals surface area contributed by atoms with Crippen LogP contribution in [0.25, 0.3) is 11.3 Å². The van der Waals surface area contributed by atoms with E-state index in [1.807, 2.05) is 29.2 Å². The largest absolute Gasteiger partial charge is 0.368 e. The summed E-state index contributed by atoms with van der Waals surface area (Å²) in [6, 6.07) is 14.7. The van der Waals surface area contributed by atoms with E-state index in [0.29, 0.717) is 18.7 Å². The van der Waals surface area contributed by atoms with Gasteiger partial charge in [-0.2, -0.15) is 5.10 Å². The maximum absolute atomic E-state index is 13.1. The number of nitrogens with one attached hydrogen (secondary N) is 1. The lowest BCUT2D eigenvalue weighted by atomic mass is 10.1. The molecule has 2 aromatic carbocycles. The van der Waals surface area contributed by atoms with Gasteiger partial charge in [-0.3, -0.25) is 9.89 Å². The summed E-state index contributed by atoms with van der Waals surface area (Å²) in [5.74, 6) is 0.0462. The smallest absolute Gasteiger partial charge is 0.257 e. The van der Waals surface area contributed by atoms with Crippen LogP contribution >= 0.6 is 0 Å². The molecule has 0 spiro atoms. The number of amides is 1. The van der Waals surface area contributed by atoms with Gasteiger partial charge in [0.2, 0.25) is 0 Å². The lowest BCUT2D eigenvalue weighted by Gasteiger charge is -2.37. The maximum Gasteiger partial charge on any atom is 0.257 e. The molecule has 0 atom stereocenters. The van der Waals surface area contributed by atoms with Crippen molar-refractivity contribution in [3.8, 4) is 11.3 Å². The number of benzene rings is 2. The van der Waals surface area contributed by atoms with E-state index in [-0.39, 0.29) is 5.91 Å². The van der Waals surface area contributed by atoms with Crippen LogP contribution in [0.2, 0.25) is 0 Å². The molecule has 4 rings (SSSR count). The van der Waals surface area contributed by atoms with Gasteiger partial charge in [0.05, 0.1) is 17.5 Å². The SMILES string of the molecule is Cc1ccc(-c2[nH]ncc2C(=O)N2CCN(c3cc(C)ccc3C)CC2)cc1. The van der Waals surface area contributed by atoms with E-state index in [4.69, 9.17) is 0 Å². The molecule has 144 valence electrons. The van der Waals surface area contributed by atoms with Crippen molar-refractivity contribution >= 4 is 11.6 Å². The Balaban J connectivity index is 1.49. The van der Waals surface area contributed by atoms with Gasteiger partial charge in [-0.1, -0.05) is 42.0 Å². The van der Waals surface area contributed by atoms with Gasteiger partial charge in [-0.15, -0.1) is 0 Å². The van der Waals surface area contributed by atoms with Crippen LogP contribution in [0.15, 0.2) is 48.7 Å². The number of carbonyl (C=O) groups is 1. The number of hydrogen-bond donors (Lipinski definition) is 1. The molecule has 1 N–H and O–H groups in total. The first-order valence-electron chi connectivity index (χ1n) is 9.75. The van der Waals surface area contributed by atoms with E-state index in [2.05, 4.69) is 54.1 Å². The Morgan fingerprint density at radius 2 is 1.61 bits per heavy atom. The zero-order valence-electron chi connectivity index (χ0n) is 16.7. The highest BCUT2D eigenvalue weighted by atomic mass is 16.2. The molecule has 3 aromatic rings. The highest BCUT2D eigenvalue weighted by Crippen LogP contribution is 2.25. The molecule has 1 aliphatic heterocycles. The lowest BCUT2D eigenvalue weighted by Crippen LogP contribution is -2.49. The molecule has 1 saturated heterocycles. The second-order valence-electron chi connectivity index (χ2n) is 7.59. The average molecular weight is 374 g/mol. The number of aromatic nitrogens is 2. The number of H-pyrrole nitrogens is 1. The van der Waals surface area contributed by atoms with E-state index in [1.165, 1.54) is 22.4 Å². The zero-order valence-corrected chi connectivity index (χ0v) is 16.7. The Labute approximate surface area is 166 Å². The molecular formula is C23H26N4O. The van der Waals surface area contributed by atoms with Gasteiger partial charge in [-0.05, 0) is 38.0 Å². The fourth-order valence-corrected chi connectivity index (χ4v) is 3.77. The maximum atomic E-state index is 13.1. The van der Waals surface area contributed by atoms with Crippen LogP contribution in [0.1, 0.15) is 27.0 Å². The number of anilines is 1. The van der Waals surface area contributed by atoms with Gasteiger partial charge < -0.3 is 9.80 Å². The summed E-state index contributed by atoms with van der Waals surface area (Å²) in [6.07, 6.45) is 1.65. The number of hydrogen-bond acceptors (Lipinski definition) is 3. The minimum absolute atomic E-state index is 0.0462. The molecule has 5 heteroatoms. The van der Waals surface area contributed by atoms with Crippen LogP contribution in [0, 0.1) is 20.8 Å². The van der Waals surface area contributed by atoms with Crippen LogP contribution in [0.4, 0.5) is 5.69 Å². The number of carbonyl (C=O) groups excluding carboxylic acids is 1. The van der Waals surface area contributed by atoms with Crippen LogP contribution < -0.4 is 4.90 Å². The van der Waals surface area contributed by atoms with Crippen molar-refractivity contribution in [2.45, 2.75) is 20.8 Å². The molecule has 1 amide bonds. The van der Waals surface area contributed by atoms with Crippen LogP contribution in [-0.4, -0.2) is 47.2 Å². The minimum Gasteiger partial charge on any atom is -0.368 e. The van der Waals surface area contributed by atoms with Crippen LogP contribution in [0.5, 0.6) is 0 Å². The Hall–Kier alpha value is -3.08. The summed E-state index contributed by atoms with van der Waals surface area (Å²) in [7, 11) is 0. The minimum atomic E-state index is 0.0462. The molecule has 1 fully saturated rings. The molecule has 1 aromatic heterocycles. The van der Waals surface area contributed by atoms with Crippen molar-refractivity contribution in [1.29, 1.82) is 0 Å². The molecular weight excluding hydrogens is 348 g/mol. The summed E-state index contributed by atoms with van der Waals surface area (Å²) in [5, 5.41) is 7.14. The highest BCUT2D eigenvalue weighted by Gasteiger charge is 2.26. The van der Waals surface area contributed by atoms with Crippen LogP contribution in [0.3, 0.4) is 0 Å². The summed E-state index contributed by atoms with van der Waals surface area (Å²) in [6.45, 7) is 9.43. The van der Waals surface area contributed by atoms with Gasteiger partial charge in [0.15, 0.2) is 0 Å². The number of aryl methyl sites for hydroxylation is 3. The van der Waals surface area contributed by atoms with Gasteiger partial charge in [0.25, 0.3) is 5.91 Å². The van der Waals surface area contributed by atoms with E-state index in [0.717, 1.165) is 24.3 Å². The third-order valence-electron chi connectivity index (χ3n) is 5.48. The predicted molar refractivity (Wildman–Crippen MR) is 113 cm³/mol. The fraction of sp³-hybridized carbons (Fsp3) is 0.304. The molecule has 0 radical (unpaired) electrons. The first kappa shape index (κ1) is 18.3. The first-order valence-corrected chi connectivity index (χ1v) is 9.75. The van der Waals surface area contributed by atoms with Gasteiger partial charge in [-0.25, -0.2) is 0 Å². The van der Waals surface area contributed by atoms with Gasteiger partial charge in [0.1, 0.15) is 0 Å². The number of aromatic amines is 1. The summed E-state index contributed by atoms with van der Waals surface area (Å²) in [4.78, 5) is 17.4. The Kier molecular flexibility index (Phi) is 4.90. The highest BCUT2D eigenvalue weighted by molar-refractivity contribution is 5.99. The van der Waals surface area contributed by atoms with Crippen molar-refractivity contribution < 1.29 is 4.79 Å².